The second-order valence-corrected chi connectivity index (χ2v) is 10.2. The van der Waals surface area contributed by atoms with Crippen LogP contribution in [0.2, 0.25) is 0 Å². The Kier molecular flexibility index (Phi) is 7.80. The molecule has 0 aliphatic carbocycles. The third-order valence-electron chi connectivity index (χ3n) is 4.39. The monoisotopic (exact) mass is 470 g/mol. The zero-order valence-corrected chi connectivity index (χ0v) is 18.7. The Hall–Kier alpha value is -3.00. The molecule has 0 spiro atoms. The number of rotatable bonds is 4. The predicted molar refractivity (Wildman–Crippen MR) is 121 cm³/mol. The summed E-state index contributed by atoms with van der Waals surface area (Å²) in [6, 6.07) is 28.8. The summed E-state index contributed by atoms with van der Waals surface area (Å²) in [5, 5.41) is 0. The van der Waals surface area contributed by atoms with Crippen LogP contribution in [0.1, 0.15) is 5.56 Å². The van der Waals surface area contributed by atoms with Gasteiger partial charge in [0.05, 0.1) is 15.8 Å². The van der Waals surface area contributed by atoms with Crippen LogP contribution in [-0.2, 0) is 21.0 Å². The molecule has 0 saturated carbocycles. The Morgan fingerprint density at radius 1 is 0.625 bits per heavy atom. The summed E-state index contributed by atoms with van der Waals surface area (Å²) in [6.07, 6.45) is 0. The molecule has 0 aliphatic heterocycles. The first-order chi connectivity index (χ1) is 15.2. The van der Waals surface area contributed by atoms with Crippen LogP contribution in [0.4, 0.5) is 8.78 Å². The lowest BCUT2D eigenvalue weighted by Crippen LogP contribution is -2.04. The molecule has 4 aromatic carbocycles. The van der Waals surface area contributed by atoms with Crippen LogP contribution < -0.4 is 0 Å². The highest BCUT2D eigenvalue weighted by Gasteiger charge is 2.28. The topological polar surface area (TPSA) is 57.2 Å². The Balaban J connectivity index is 0.000000222. The van der Waals surface area contributed by atoms with E-state index in [0.717, 1.165) is 20.2 Å². The Morgan fingerprint density at radius 3 is 1.44 bits per heavy atom. The Bertz CT molecular complexity index is 1200. The molecule has 164 valence electrons. The first-order valence-corrected chi connectivity index (χ1v) is 12.2. The molecule has 0 unspecified atom stereocenters. The van der Waals surface area contributed by atoms with Gasteiger partial charge < -0.3 is 4.55 Å². The van der Waals surface area contributed by atoms with Gasteiger partial charge in [-0.25, -0.2) is 17.2 Å². The molecule has 0 N–H and O–H groups in total. The molecule has 4 rings (SSSR count). The van der Waals surface area contributed by atoms with Gasteiger partial charge in [0.15, 0.2) is 14.7 Å². The van der Waals surface area contributed by atoms with E-state index in [-0.39, 0.29) is 27.4 Å². The zero-order valence-electron chi connectivity index (χ0n) is 17.1. The van der Waals surface area contributed by atoms with Crippen molar-refractivity contribution >= 4 is 21.0 Å². The maximum absolute atomic E-state index is 13.2. The van der Waals surface area contributed by atoms with Crippen molar-refractivity contribution in [2.75, 3.05) is 0 Å². The van der Waals surface area contributed by atoms with E-state index in [1.165, 1.54) is 36.4 Å². The van der Waals surface area contributed by atoms with Crippen molar-refractivity contribution in [2.45, 2.75) is 26.5 Å². The lowest BCUT2D eigenvalue weighted by Gasteiger charge is -2.07. The molecule has 3 nitrogen and oxygen atoms in total. The summed E-state index contributed by atoms with van der Waals surface area (Å²) in [5.74, 6) is -0.510. The van der Waals surface area contributed by atoms with E-state index in [0.29, 0.717) is 0 Å². The molecule has 0 fully saturated rings. The third-order valence-corrected chi connectivity index (χ3v) is 7.47. The minimum absolute atomic E-state index is 0.178. The van der Waals surface area contributed by atoms with Crippen molar-refractivity contribution in [3.63, 3.8) is 0 Å². The average Bonchev–Trinajstić information content (AvgIpc) is 2.77. The van der Waals surface area contributed by atoms with Crippen LogP contribution in [0.15, 0.2) is 123 Å². The van der Waals surface area contributed by atoms with E-state index < -0.39 is 10.1 Å². The molecule has 0 aromatic heterocycles. The fraction of sp³-hybridized carbons (Fsp3) is 0.0400. The third kappa shape index (κ3) is 6.50. The predicted octanol–water partition coefficient (Wildman–Crippen LogP) is 5.96. The lowest BCUT2D eigenvalue weighted by molar-refractivity contribution is 0.463. The molecular formula is C25H20F2O3S2. The fourth-order valence-electron chi connectivity index (χ4n) is 2.81. The maximum Gasteiger partial charge on any atom is 0.166 e. The van der Waals surface area contributed by atoms with Crippen LogP contribution in [0.3, 0.4) is 0 Å². The van der Waals surface area contributed by atoms with Gasteiger partial charge >= 0.3 is 0 Å². The molecule has 7 heteroatoms. The highest BCUT2D eigenvalue weighted by Crippen LogP contribution is 2.31. The summed E-state index contributed by atoms with van der Waals surface area (Å²) in [4.78, 5) is 2.96. The van der Waals surface area contributed by atoms with E-state index in [1.54, 1.807) is 36.4 Å². The minimum atomic E-state index is -4.27. The van der Waals surface area contributed by atoms with E-state index in [9.17, 15) is 21.8 Å². The largest absolute Gasteiger partial charge is 0.744 e. The minimum Gasteiger partial charge on any atom is -0.744 e. The normalized spacial score (nSPS) is 11.0. The number of aryl methyl sites for hydroxylation is 1. The molecule has 4 aromatic rings. The Labute approximate surface area is 189 Å². The lowest BCUT2D eigenvalue weighted by atomic mass is 10.2. The van der Waals surface area contributed by atoms with Gasteiger partial charge in [-0.05, 0) is 79.7 Å². The molecular weight excluding hydrogens is 450 g/mol. The molecule has 0 atom stereocenters. The molecule has 0 bridgehead atoms. The van der Waals surface area contributed by atoms with Crippen molar-refractivity contribution in [2.24, 2.45) is 0 Å². The number of hydrogen-bond acceptors (Lipinski definition) is 3. The summed E-state index contributed by atoms with van der Waals surface area (Å²) < 4.78 is 57.5. The maximum atomic E-state index is 13.2. The van der Waals surface area contributed by atoms with Crippen LogP contribution in [-0.4, -0.2) is 13.0 Å². The van der Waals surface area contributed by atoms with Crippen molar-refractivity contribution in [3.8, 4) is 0 Å². The second-order valence-electron chi connectivity index (χ2n) is 6.79. The summed E-state index contributed by atoms with van der Waals surface area (Å²) >= 11 is 0. The van der Waals surface area contributed by atoms with Crippen molar-refractivity contribution in [3.05, 3.63) is 120 Å². The summed E-state index contributed by atoms with van der Waals surface area (Å²) in [6.45, 7) is 1.82. The molecule has 0 saturated heterocycles. The van der Waals surface area contributed by atoms with Crippen molar-refractivity contribution in [1.29, 1.82) is 0 Å². The van der Waals surface area contributed by atoms with E-state index in [2.05, 4.69) is 0 Å². The van der Waals surface area contributed by atoms with Crippen LogP contribution in [0, 0.1) is 18.6 Å². The summed E-state index contributed by atoms with van der Waals surface area (Å²) in [7, 11) is -4.63. The zero-order chi connectivity index (χ0) is 23.1. The molecule has 0 heterocycles. The van der Waals surface area contributed by atoms with Crippen LogP contribution in [0.25, 0.3) is 0 Å². The highest BCUT2D eigenvalue weighted by molar-refractivity contribution is 7.97. The highest BCUT2D eigenvalue weighted by atomic mass is 32.2. The summed E-state index contributed by atoms with van der Waals surface area (Å²) in [5.41, 5.74) is 0.928. The van der Waals surface area contributed by atoms with E-state index in [4.69, 9.17) is 0 Å². The van der Waals surface area contributed by atoms with Crippen LogP contribution >= 0.6 is 0 Å². The standard InChI is InChI=1S/C18H13F2S.C7H8O3S/c19-14-6-10-17(11-7-14)21(16-4-2-1-3-5-16)18-12-8-15(20)9-13-18;1-6-2-4-7(5-3-6)11(8,9)10/h1-13H;2-5H,1H3,(H,8,9,10)/q+1;/p-1. The van der Waals surface area contributed by atoms with Gasteiger partial charge in [0.2, 0.25) is 0 Å². The SMILES string of the molecule is Cc1ccc(S(=O)(=O)[O-])cc1.Fc1ccc([S+](c2ccccc2)c2ccc(F)cc2)cc1. The molecule has 32 heavy (non-hydrogen) atoms. The quantitative estimate of drug-likeness (QED) is 0.273. The van der Waals surface area contributed by atoms with E-state index >= 15 is 0 Å². The molecule has 0 amide bonds. The fourth-order valence-corrected chi connectivity index (χ4v) is 5.34. The molecule has 0 radical (unpaired) electrons. The van der Waals surface area contributed by atoms with Crippen molar-refractivity contribution < 1.29 is 21.8 Å². The number of benzene rings is 4. The van der Waals surface area contributed by atoms with Gasteiger partial charge in [-0.15, -0.1) is 0 Å². The second kappa shape index (κ2) is 10.5. The number of halogens is 2. The van der Waals surface area contributed by atoms with Gasteiger partial charge in [0.1, 0.15) is 21.8 Å². The first-order valence-electron chi connectivity index (χ1n) is 9.57. The van der Waals surface area contributed by atoms with Gasteiger partial charge in [-0.2, -0.15) is 0 Å². The van der Waals surface area contributed by atoms with Gasteiger partial charge in [0.25, 0.3) is 0 Å². The average molecular weight is 471 g/mol. The van der Waals surface area contributed by atoms with Crippen molar-refractivity contribution in [1.82, 2.24) is 0 Å². The Morgan fingerprint density at radius 2 is 1.03 bits per heavy atom. The smallest absolute Gasteiger partial charge is 0.166 e. The van der Waals surface area contributed by atoms with Gasteiger partial charge in [-0.3, -0.25) is 0 Å². The first kappa shape index (κ1) is 23.7. The van der Waals surface area contributed by atoms with E-state index in [1.807, 2.05) is 37.3 Å². The van der Waals surface area contributed by atoms with Crippen LogP contribution in [0.5, 0.6) is 0 Å². The molecule has 0 aliphatic rings. The van der Waals surface area contributed by atoms with Gasteiger partial charge in [0, 0.05) is 0 Å². The number of hydrogen-bond donors (Lipinski definition) is 0. The van der Waals surface area contributed by atoms with Gasteiger partial charge in [-0.1, -0.05) is 35.9 Å².